The number of halogens is 1. The van der Waals surface area contributed by atoms with Gasteiger partial charge in [-0.15, -0.1) is 0 Å². The first-order valence-electron chi connectivity index (χ1n) is 4.38. The molecule has 1 fully saturated rings. The number of nitrogens with two attached hydrogens (primary N) is 1. The Morgan fingerprint density at radius 3 is 2.92 bits per heavy atom. The molecule has 2 heterocycles. The third-order valence-corrected chi connectivity index (χ3v) is 2.53. The van der Waals surface area contributed by atoms with Gasteiger partial charge in [0.15, 0.2) is 0 Å². The Morgan fingerprint density at radius 1 is 1.54 bits per heavy atom. The molecule has 0 spiro atoms. The molecule has 1 unspecified atom stereocenters. The van der Waals surface area contributed by atoms with Crippen molar-refractivity contribution < 1.29 is 0 Å². The van der Waals surface area contributed by atoms with Gasteiger partial charge in [0, 0.05) is 19.1 Å². The Morgan fingerprint density at radius 2 is 2.38 bits per heavy atom. The molecule has 0 radical (unpaired) electrons. The molecule has 0 amide bonds. The maximum absolute atomic E-state index is 5.80. The van der Waals surface area contributed by atoms with E-state index in [0.717, 1.165) is 25.2 Å². The average Bonchev–Trinajstić information content (AvgIpc) is 2.53. The first kappa shape index (κ1) is 8.78. The van der Waals surface area contributed by atoms with Gasteiger partial charge in [-0.25, -0.2) is 4.98 Å². The normalized spacial score (nSPS) is 22.3. The largest absolute Gasteiger partial charge is 0.369 e. The van der Waals surface area contributed by atoms with Crippen LogP contribution in [0.5, 0.6) is 0 Å². The zero-order valence-electron chi connectivity index (χ0n) is 7.28. The molecule has 4 heteroatoms. The minimum atomic E-state index is 0.302. The van der Waals surface area contributed by atoms with Crippen LogP contribution in [0.25, 0.3) is 0 Å². The average molecular weight is 198 g/mol. The van der Waals surface area contributed by atoms with Crippen LogP contribution in [0.15, 0.2) is 18.3 Å². The molecule has 1 atom stereocenters. The summed E-state index contributed by atoms with van der Waals surface area (Å²) in [5.74, 6) is 0. The highest BCUT2D eigenvalue weighted by molar-refractivity contribution is 6.29. The highest BCUT2D eigenvalue weighted by Gasteiger charge is 2.19. The highest BCUT2D eigenvalue weighted by Crippen LogP contribution is 2.19. The summed E-state index contributed by atoms with van der Waals surface area (Å²) >= 11 is 5.69. The monoisotopic (exact) mass is 197 g/mol. The van der Waals surface area contributed by atoms with Crippen LogP contribution in [0.3, 0.4) is 0 Å². The Labute approximate surface area is 82.5 Å². The van der Waals surface area contributed by atoms with E-state index in [0.29, 0.717) is 11.2 Å². The van der Waals surface area contributed by atoms with Crippen LogP contribution < -0.4 is 10.6 Å². The molecule has 1 aliphatic heterocycles. The minimum absolute atomic E-state index is 0.302. The van der Waals surface area contributed by atoms with Crippen molar-refractivity contribution in [2.24, 2.45) is 5.73 Å². The van der Waals surface area contributed by atoms with Crippen molar-refractivity contribution in [2.45, 2.75) is 12.5 Å². The van der Waals surface area contributed by atoms with Gasteiger partial charge in [0.25, 0.3) is 0 Å². The lowest BCUT2D eigenvalue weighted by molar-refractivity contribution is 0.752. The van der Waals surface area contributed by atoms with Gasteiger partial charge in [-0.05, 0) is 18.6 Å². The summed E-state index contributed by atoms with van der Waals surface area (Å²) in [6.45, 7) is 1.94. The van der Waals surface area contributed by atoms with Crippen LogP contribution in [0.1, 0.15) is 6.42 Å². The molecule has 70 valence electrons. The molecule has 1 aliphatic rings. The number of anilines is 1. The van der Waals surface area contributed by atoms with E-state index in [1.165, 1.54) is 0 Å². The van der Waals surface area contributed by atoms with Gasteiger partial charge >= 0.3 is 0 Å². The zero-order valence-corrected chi connectivity index (χ0v) is 8.04. The van der Waals surface area contributed by atoms with Gasteiger partial charge in [-0.2, -0.15) is 0 Å². The van der Waals surface area contributed by atoms with Crippen LogP contribution in [-0.2, 0) is 0 Å². The standard InChI is InChI=1S/C9H12ClN3/c10-9-2-1-8(5-12-9)13-4-3-7(11)6-13/h1-2,5,7H,3-4,6,11H2. The Kier molecular flexibility index (Phi) is 2.38. The number of hydrogen-bond acceptors (Lipinski definition) is 3. The number of rotatable bonds is 1. The topological polar surface area (TPSA) is 42.1 Å². The number of hydrogen-bond donors (Lipinski definition) is 1. The SMILES string of the molecule is NC1CCN(c2ccc(Cl)nc2)C1. The first-order valence-corrected chi connectivity index (χ1v) is 4.75. The zero-order chi connectivity index (χ0) is 9.26. The maximum atomic E-state index is 5.80. The molecule has 3 nitrogen and oxygen atoms in total. The van der Waals surface area contributed by atoms with E-state index in [1.54, 1.807) is 12.3 Å². The minimum Gasteiger partial charge on any atom is -0.369 e. The van der Waals surface area contributed by atoms with E-state index in [-0.39, 0.29) is 0 Å². The highest BCUT2D eigenvalue weighted by atomic mass is 35.5. The van der Waals surface area contributed by atoms with E-state index in [9.17, 15) is 0 Å². The fraction of sp³-hybridized carbons (Fsp3) is 0.444. The molecule has 0 aliphatic carbocycles. The van der Waals surface area contributed by atoms with Crippen molar-refractivity contribution >= 4 is 17.3 Å². The van der Waals surface area contributed by atoms with E-state index in [1.807, 2.05) is 6.07 Å². The summed E-state index contributed by atoms with van der Waals surface area (Å²) in [4.78, 5) is 6.26. The van der Waals surface area contributed by atoms with E-state index >= 15 is 0 Å². The molecule has 1 aromatic heterocycles. The van der Waals surface area contributed by atoms with E-state index in [2.05, 4.69) is 9.88 Å². The predicted octanol–water partition coefficient (Wildman–Crippen LogP) is 1.27. The van der Waals surface area contributed by atoms with Crippen LogP contribution in [0, 0.1) is 0 Å². The second-order valence-electron chi connectivity index (χ2n) is 3.33. The van der Waals surface area contributed by atoms with Gasteiger partial charge in [-0.1, -0.05) is 11.6 Å². The third kappa shape index (κ3) is 1.92. The first-order chi connectivity index (χ1) is 6.25. The predicted molar refractivity (Wildman–Crippen MR) is 54.1 cm³/mol. The Hall–Kier alpha value is -0.800. The summed E-state index contributed by atoms with van der Waals surface area (Å²) < 4.78 is 0. The molecule has 1 aromatic rings. The van der Waals surface area contributed by atoms with Gasteiger partial charge in [0.1, 0.15) is 5.15 Å². The number of nitrogens with zero attached hydrogens (tertiary/aromatic N) is 2. The maximum Gasteiger partial charge on any atom is 0.129 e. The van der Waals surface area contributed by atoms with Gasteiger partial charge in [0.05, 0.1) is 11.9 Å². The van der Waals surface area contributed by atoms with Gasteiger partial charge < -0.3 is 10.6 Å². The summed E-state index contributed by atoms with van der Waals surface area (Å²) in [5.41, 5.74) is 6.91. The van der Waals surface area contributed by atoms with Crippen molar-refractivity contribution in [3.63, 3.8) is 0 Å². The smallest absolute Gasteiger partial charge is 0.129 e. The van der Waals surface area contributed by atoms with Gasteiger partial charge in [0.2, 0.25) is 0 Å². The van der Waals surface area contributed by atoms with Crippen molar-refractivity contribution in [2.75, 3.05) is 18.0 Å². The summed E-state index contributed by atoms with van der Waals surface area (Å²) in [5, 5.41) is 0.534. The summed E-state index contributed by atoms with van der Waals surface area (Å²) in [7, 11) is 0. The number of pyridine rings is 1. The van der Waals surface area contributed by atoms with Crippen LogP contribution in [0.2, 0.25) is 5.15 Å². The molecule has 13 heavy (non-hydrogen) atoms. The van der Waals surface area contributed by atoms with E-state index < -0.39 is 0 Å². The molecule has 2 rings (SSSR count). The Balaban J connectivity index is 2.13. The lowest BCUT2D eigenvalue weighted by atomic mass is 10.3. The molecule has 2 N–H and O–H groups in total. The van der Waals surface area contributed by atoms with Crippen molar-refractivity contribution in [3.05, 3.63) is 23.5 Å². The van der Waals surface area contributed by atoms with Crippen molar-refractivity contribution in [3.8, 4) is 0 Å². The molecule has 1 saturated heterocycles. The lowest BCUT2D eigenvalue weighted by Crippen LogP contribution is -2.26. The van der Waals surface area contributed by atoms with Crippen molar-refractivity contribution in [1.29, 1.82) is 0 Å². The molecular weight excluding hydrogens is 186 g/mol. The molecule has 0 bridgehead atoms. The fourth-order valence-corrected chi connectivity index (χ4v) is 1.69. The van der Waals surface area contributed by atoms with Crippen molar-refractivity contribution in [1.82, 2.24) is 4.98 Å². The number of aromatic nitrogens is 1. The third-order valence-electron chi connectivity index (χ3n) is 2.30. The van der Waals surface area contributed by atoms with Crippen LogP contribution in [0.4, 0.5) is 5.69 Å². The Bertz CT molecular complexity index is 285. The molecule has 0 aromatic carbocycles. The lowest BCUT2D eigenvalue weighted by Gasteiger charge is -2.17. The van der Waals surface area contributed by atoms with Crippen LogP contribution in [-0.4, -0.2) is 24.1 Å². The summed E-state index contributed by atoms with van der Waals surface area (Å²) in [6.07, 6.45) is 2.85. The van der Waals surface area contributed by atoms with Gasteiger partial charge in [-0.3, -0.25) is 0 Å². The molecular formula is C9H12ClN3. The second-order valence-corrected chi connectivity index (χ2v) is 3.72. The second kappa shape index (κ2) is 3.52. The summed E-state index contributed by atoms with van der Waals surface area (Å²) in [6, 6.07) is 4.09. The fourth-order valence-electron chi connectivity index (χ4n) is 1.58. The van der Waals surface area contributed by atoms with E-state index in [4.69, 9.17) is 17.3 Å². The van der Waals surface area contributed by atoms with Crippen LogP contribution >= 0.6 is 11.6 Å². The quantitative estimate of drug-likeness (QED) is 0.690. The molecule has 0 saturated carbocycles.